The Morgan fingerprint density at radius 1 is 1.40 bits per heavy atom. The molecule has 0 aliphatic heterocycles. The Labute approximate surface area is 150 Å². The SMILES string of the molecule is C=CC1CC1(CCCC[PH](=O)OCC)NC(=O)OCc1ccccc1. The highest BCUT2D eigenvalue weighted by Crippen LogP contribution is 2.48. The van der Waals surface area contributed by atoms with Crippen molar-refractivity contribution in [3.05, 3.63) is 48.6 Å². The number of ether oxygens (including phenoxy) is 1. The molecule has 1 aromatic carbocycles. The number of hydrogen-bond acceptors (Lipinski definition) is 4. The van der Waals surface area contributed by atoms with E-state index in [1.807, 2.05) is 43.3 Å². The zero-order valence-electron chi connectivity index (χ0n) is 14.8. The molecule has 25 heavy (non-hydrogen) atoms. The quantitative estimate of drug-likeness (QED) is 0.355. The van der Waals surface area contributed by atoms with E-state index in [2.05, 4.69) is 11.9 Å². The van der Waals surface area contributed by atoms with Crippen LogP contribution in [0.2, 0.25) is 0 Å². The van der Waals surface area contributed by atoms with Gasteiger partial charge in [0.05, 0.1) is 12.1 Å². The van der Waals surface area contributed by atoms with Crippen molar-refractivity contribution in [2.45, 2.75) is 44.8 Å². The fourth-order valence-corrected chi connectivity index (χ4v) is 4.05. The van der Waals surface area contributed by atoms with E-state index in [0.29, 0.717) is 12.8 Å². The molecular weight excluding hydrogens is 337 g/mol. The molecule has 0 aromatic heterocycles. The number of carbonyl (C=O) groups excluding carboxylic acids is 1. The van der Waals surface area contributed by atoms with Crippen molar-refractivity contribution in [3.63, 3.8) is 0 Å². The third-order valence-corrected chi connectivity index (χ3v) is 5.91. The lowest BCUT2D eigenvalue weighted by atomic mass is 10.1. The highest BCUT2D eigenvalue weighted by molar-refractivity contribution is 7.39. The highest BCUT2D eigenvalue weighted by Gasteiger charge is 2.53. The van der Waals surface area contributed by atoms with E-state index in [0.717, 1.165) is 31.2 Å². The molecule has 0 radical (unpaired) electrons. The summed E-state index contributed by atoms with van der Waals surface area (Å²) in [5.74, 6) is 0.278. The average Bonchev–Trinajstić information content (AvgIpc) is 3.31. The molecular formula is C19H28NO4P. The monoisotopic (exact) mass is 365 g/mol. The van der Waals surface area contributed by atoms with E-state index in [1.165, 1.54) is 0 Å². The maximum absolute atomic E-state index is 12.1. The van der Waals surface area contributed by atoms with Gasteiger partial charge in [-0.3, -0.25) is 4.57 Å². The molecule has 1 saturated carbocycles. The molecule has 138 valence electrons. The van der Waals surface area contributed by atoms with Crippen molar-refractivity contribution >= 4 is 14.1 Å². The molecule has 3 unspecified atom stereocenters. The normalized spacial score (nSPS) is 22.8. The molecule has 3 atom stereocenters. The van der Waals surface area contributed by atoms with Crippen molar-refractivity contribution in [1.82, 2.24) is 5.32 Å². The molecule has 2 rings (SSSR count). The van der Waals surface area contributed by atoms with E-state index in [1.54, 1.807) is 0 Å². The van der Waals surface area contributed by atoms with Crippen molar-refractivity contribution in [1.29, 1.82) is 0 Å². The molecule has 5 nitrogen and oxygen atoms in total. The first-order valence-corrected chi connectivity index (χ1v) is 10.4. The van der Waals surface area contributed by atoms with Crippen molar-refractivity contribution in [2.75, 3.05) is 12.8 Å². The molecule has 1 fully saturated rings. The van der Waals surface area contributed by atoms with Crippen LogP contribution in [0.5, 0.6) is 0 Å². The molecule has 1 aromatic rings. The second-order valence-corrected chi connectivity index (χ2v) is 7.93. The summed E-state index contributed by atoms with van der Waals surface area (Å²) in [4.78, 5) is 12.1. The fourth-order valence-electron chi connectivity index (χ4n) is 3.04. The lowest BCUT2D eigenvalue weighted by molar-refractivity contribution is 0.133. The summed E-state index contributed by atoms with van der Waals surface area (Å²) >= 11 is 0. The van der Waals surface area contributed by atoms with Crippen LogP contribution in [-0.2, 0) is 20.4 Å². The van der Waals surface area contributed by atoms with E-state index >= 15 is 0 Å². The Balaban J connectivity index is 1.74. The minimum absolute atomic E-state index is 0.253. The van der Waals surface area contributed by atoms with Gasteiger partial charge in [0.15, 0.2) is 8.03 Å². The fraction of sp³-hybridized carbons (Fsp3) is 0.526. The second-order valence-electron chi connectivity index (χ2n) is 6.40. The molecule has 0 spiro atoms. The van der Waals surface area contributed by atoms with E-state index in [-0.39, 0.29) is 18.1 Å². The number of alkyl carbamates (subject to hydrolysis) is 1. The first-order chi connectivity index (χ1) is 12.1. The van der Waals surface area contributed by atoms with Gasteiger partial charge in [-0.25, -0.2) is 4.79 Å². The zero-order chi connectivity index (χ0) is 18.1. The van der Waals surface area contributed by atoms with Crippen molar-refractivity contribution < 1.29 is 18.6 Å². The molecule has 1 amide bonds. The summed E-state index contributed by atoms with van der Waals surface area (Å²) in [7, 11) is -1.90. The maximum Gasteiger partial charge on any atom is 0.407 e. The van der Waals surface area contributed by atoms with Gasteiger partial charge in [-0.15, -0.1) is 6.58 Å². The number of carbonyl (C=O) groups is 1. The van der Waals surface area contributed by atoms with Crippen LogP contribution in [-0.4, -0.2) is 24.4 Å². The summed E-state index contributed by atoms with van der Waals surface area (Å²) in [5, 5.41) is 3.02. The molecule has 0 heterocycles. The highest BCUT2D eigenvalue weighted by atomic mass is 31.1. The second kappa shape index (κ2) is 9.79. The Hall–Kier alpha value is -1.58. The number of amides is 1. The molecule has 0 bridgehead atoms. The smallest absolute Gasteiger partial charge is 0.407 e. The lowest BCUT2D eigenvalue weighted by Gasteiger charge is -2.19. The Kier molecular flexibility index (Phi) is 7.73. The molecule has 1 aliphatic rings. The summed E-state index contributed by atoms with van der Waals surface area (Å²) in [6.07, 6.45) is 5.56. The number of benzene rings is 1. The standard InChI is InChI=1S/C19H28NO4P/c1-3-17-14-19(17,12-8-9-13-25(22)24-4-2)20-18(21)23-15-16-10-6-5-7-11-16/h3,5-7,10-11,17,25H,1,4,8-9,12-15H2,2H3,(H,20,21). The van der Waals surface area contributed by atoms with Crippen molar-refractivity contribution in [3.8, 4) is 0 Å². The van der Waals surface area contributed by atoms with E-state index in [9.17, 15) is 9.36 Å². The number of hydrogen-bond donors (Lipinski definition) is 1. The van der Waals surface area contributed by atoms with Gasteiger partial charge in [0, 0.05) is 12.1 Å². The van der Waals surface area contributed by atoms with Crippen LogP contribution < -0.4 is 5.32 Å². The molecule has 1 aliphatic carbocycles. The van der Waals surface area contributed by atoms with E-state index < -0.39 is 14.1 Å². The van der Waals surface area contributed by atoms with Gasteiger partial charge in [0.25, 0.3) is 0 Å². The predicted octanol–water partition coefficient (Wildman–Crippen LogP) is 4.54. The molecule has 1 N–H and O–H groups in total. The van der Waals surface area contributed by atoms with Crippen LogP contribution >= 0.6 is 8.03 Å². The average molecular weight is 365 g/mol. The largest absolute Gasteiger partial charge is 0.445 e. The van der Waals surface area contributed by atoms with Crippen molar-refractivity contribution in [2.24, 2.45) is 5.92 Å². The minimum atomic E-state index is -1.90. The maximum atomic E-state index is 12.1. The number of unbranched alkanes of at least 4 members (excludes halogenated alkanes) is 1. The minimum Gasteiger partial charge on any atom is -0.445 e. The van der Waals surface area contributed by atoms with E-state index in [4.69, 9.17) is 9.26 Å². The first-order valence-electron chi connectivity index (χ1n) is 8.86. The van der Waals surface area contributed by atoms with Gasteiger partial charge in [0.2, 0.25) is 0 Å². The van der Waals surface area contributed by atoms with Crippen LogP contribution in [0.1, 0.15) is 38.2 Å². The third kappa shape index (κ3) is 6.33. The summed E-state index contributed by atoms with van der Waals surface area (Å²) < 4.78 is 22.0. The zero-order valence-corrected chi connectivity index (χ0v) is 15.8. The van der Waals surface area contributed by atoms with Gasteiger partial charge >= 0.3 is 6.09 Å². The lowest BCUT2D eigenvalue weighted by Crippen LogP contribution is -2.38. The Morgan fingerprint density at radius 3 is 2.80 bits per heavy atom. The van der Waals surface area contributed by atoms with Crippen LogP contribution in [0, 0.1) is 5.92 Å². The van der Waals surface area contributed by atoms with Gasteiger partial charge in [-0.2, -0.15) is 0 Å². The van der Waals surface area contributed by atoms with Crippen LogP contribution in [0.3, 0.4) is 0 Å². The van der Waals surface area contributed by atoms with Crippen LogP contribution in [0.4, 0.5) is 4.79 Å². The van der Waals surface area contributed by atoms with Gasteiger partial charge < -0.3 is 14.6 Å². The van der Waals surface area contributed by atoms with Gasteiger partial charge in [-0.05, 0) is 31.7 Å². The van der Waals surface area contributed by atoms with Gasteiger partial charge in [0.1, 0.15) is 6.61 Å². The number of nitrogens with one attached hydrogen (secondary N) is 1. The summed E-state index contributed by atoms with van der Waals surface area (Å²) in [6.45, 7) is 6.45. The predicted molar refractivity (Wildman–Crippen MR) is 100 cm³/mol. The topological polar surface area (TPSA) is 64.6 Å². The Morgan fingerprint density at radius 2 is 2.16 bits per heavy atom. The number of rotatable bonds is 11. The van der Waals surface area contributed by atoms with Crippen LogP contribution in [0.15, 0.2) is 43.0 Å². The summed E-state index contributed by atoms with van der Waals surface area (Å²) in [5.41, 5.74) is 0.709. The van der Waals surface area contributed by atoms with Gasteiger partial charge in [-0.1, -0.05) is 42.8 Å². The molecule has 6 heteroatoms. The first kappa shape index (κ1) is 19.7. The summed E-state index contributed by atoms with van der Waals surface area (Å²) in [6, 6.07) is 9.61. The Bertz CT molecular complexity index is 592. The third-order valence-electron chi connectivity index (χ3n) is 4.54. The van der Waals surface area contributed by atoms with Crippen LogP contribution in [0.25, 0.3) is 0 Å². The molecule has 0 saturated heterocycles.